The Hall–Kier alpha value is -0.180. The quantitative estimate of drug-likeness (QED) is 0.460. The first kappa shape index (κ1) is 5.95. The summed E-state index contributed by atoms with van der Waals surface area (Å²) in [6.45, 7) is 4.17. The predicted molar refractivity (Wildman–Crippen MR) is 37.9 cm³/mol. The van der Waals surface area contributed by atoms with Gasteiger partial charge in [0, 0.05) is 19.0 Å². The van der Waals surface area contributed by atoms with E-state index in [1.54, 1.807) is 11.9 Å². The van der Waals surface area contributed by atoms with Crippen molar-refractivity contribution in [2.24, 2.45) is 4.40 Å². The molecule has 0 saturated heterocycles. The molecule has 0 bridgehead atoms. The Balaban J connectivity index is 2.59. The second-order valence-corrected chi connectivity index (χ2v) is 3.03. The van der Waals surface area contributed by atoms with E-state index in [1.807, 2.05) is 6.92 Å². The third kappa shape index (κ3) is 0.823. The number of amidine groups is 1. The molecule has 1 heterocycles. The number of hydrogen-bond acceptors (Lipinski definition) is 3. The highest BCUT2D eigenvalue weighted by Crippen LogP contribution is 2.22. The molecule has 0 radical (unpaired) electrons. The summed E-state index contributed by atoms with van der Waals surface area (Å²) in [5.41, 5.74) is 0. The van der Waals surface area contributed by atoms with Gasteiger partial charge in [-0.05, 0) is 13.8 Å². The minimum atomic E-state index is 0.537. The summed E-state index contributed by atoms with van der Waals surface area (Å²) in [5, 5.41) is 0.537. The van der Waals surface area contributed by atoms with E-state index in [9.17, 15) is 0 Å². The van der Waals surface area contributed by atoms with Crippen LogP contribution in [0.1, 0.15) is 13.8 Å². The topological polar surface area (TPSA) is 15.6 Å². The van der Waals surface area contributed by atoms with Crippen molar-refractivity contribution in [2.75, 3.05) is 7.05 Å². The molecule has 3 heteroatoms. The predicted octanol–water partition coefficient (Wildman–Crippen LogP) is 1.34. The van der Waals surface area contributed by atoms with Crippen molar-refractivity contribution in [1.29, 1.82) is 0 Å². The summed E-state index contributed by atoms with van der Waals surface area (Å²) in [6, 6.07) is 0. The van der Waals surface area contributed by atoms with Gasteiger partial charge in [-0.15, -0.1) is 0 Å². The second-order valence-electron chi connectivity index (χ2n) is 1.95. The minimum Gasteiger partial charge on any atom is -0.349 e. The molecular formula is C5H10N2S. The van der Waals surface area contributed by atoms with Crippen molar-refractivity contribution < 1.29 is 0 Å². The fourth-order valence-electron chi connectivity index (χ4n) is 0.551. The number of rotatable bonds is 0. The van der Waals surface area contributed by atoms with Gasteiger partial charge in [0.1, 0.15) is 5.84 Å². The van der Waals surface area contributed by atoms with Crippen molar-refractivity contribution in [2.45, 2.75) is 19.2 Å². The lowest BCUT2D eigenvalue weighted by Crippen LogP contribution is -2.25. The molecule has 0 N–H and O–H groups in total. The highest BCUT2D eigenvalue weighted by molar-refractivity contribution is 7.99. The smallest absolute Gasteiger partial charge is 0.110 e. The normalized spacial score (nSPS) is 28.6. The first-order valence-electron chi connectivity index (χ1n) is 2.65. The average molecular weight is 130 g/mol. The van der Waals surface area contributed by atoms with Gasteiger partial charge in [0.05, 0.1) is 5.37 Å². The van der Waals surface area contributed by atoms with Gasteiger partial charge in [0.2, 0.25) is 0 Å². The molecule has 0 aromatic rings. The summed E-state index contributed by atoms with van der Waals surface area (Å²) in [4.78, 5) is 2.16. The van der Waals surface area contributed by atoms with Crippen LogP contribution in [-0.2, 0) is 0 Å². The molecule has 0 aromatic carbocycles. The van der Waals surface area contributed by atoms with Gasteiger partial charge < -0.3 is 4.90 Å². The Bertz CT molecular complexity index is 122. The zero-order valence-electron chi connectivity index (χ0n) is 5.38. The molecule has 1 aliphatic heterocycles. The molecule has 2 nitrogen and oxygen atoms in total. The van der Waals surface area contributed by atoms with E-state index in [0.717, 1.165) is 5.84 Å². The van der Waals surface area contributed by atoms with Gasteiger partial charge in [0.25, 0.3) is 0 Å². The molecule has 8 heavy (non-hydrogen) atoms. The maximum absolute atomic E-state index is 4.16. The molecule has 1 atom stereocenters. The molecule has 46 valence electrons. The van der Waals surface area contributed by atoms with Crippen LogP contribution >= 0.6 is 11.9 Å². The lowest BCUT2D eigenvalue weighted by molar-refractivity contribution is 0.508. The van der Waals surface area contributed by atoms with Crippen LogP contribution in [0.25, 0.3) is 0 Å². The minimum absolute atomic E-state index is 0.537. The molecule has 0 spiro atoms. The summed E-state index contributed by atoms with van der Waals surface area (Å²) in [5.74, 6) is 1.13. The third-order valence-electron chi connectivity index (χ3n) is 1.39. The van der Waals surface area contributed by atoms with Gasteiger partial charge in [-0.3, -0.25) is 0 Å². The highest BCUT2D eigenvalue weighted by Gasteiger charge is 2.16. The van der Waals surface area contributed by atoms with Crippen molar-refractivity contribution in [3.63, 3.8) is 0 Å². The Labute approximate surface area is 54.1 Å². The monoisotopic (exact) mass is 130 g/mol. The summed E-state index contributed by atoms with van der Waals surface area (Å²) < 4.78 is 4.16. The van der Waals surface area contributed by atoms with E-state index in [1.165, 1.54) is 0 Å². The zero-order chi connectivity index (χ0) is 6.15. The van der Waals surface area contributed by atoms with Crippen molar-refractivity contribution >= 4 is 17.8 Å². The van der Waals surface area contributed by atoms with Crippen LogP contribution < -0.4 is 0 Å². The summed E-state index contributed by atoms with van der Waals surface area (Å²) in [7, 11) is 2.06. The van der Waals surface area contributed by atoms with Crippen LogP contribution in [0.2, 0.25) is 0 Å². The first-order chi connectivity index (χ1) is 3.72. The Morgan fingerprint density at radius 3 is 2.50 bits per heavy atom. The van der Waals surface area contributed by atoms with Crippen LogP contribution in [0.15, 0.2) is 4.40 Å². The van der Waals surface area contributed by atoms with Crippen molar-refractivity contribution in [1.82, 2.24) is 4.90 Å². The molecule has 0 amide bonds. The van der Waals surface area contributed by atoms with E-state index in [0.29, 0.717) is 5.37 Å². The van der Waals surface area contributed by atoms with E-state index in [4.69, 9.17) is 0 Å². The van der Waals surface area contributed by atoms with Gasteiger partial charge >= 0.3 is 0 Å². The summed E-state index contributed by atoms with van der Waals surface area (Å²) in [6.07, 6.45) is 0. The lowest BCUT2D eigenvalue weighted by Gasteiger charge is -2.14. The van der Waals surface area contributed by atoms with Crippen LogP contribution in [0.4, 0.5) is 0 Å². The van der Waals surface area contributed by atoms with E-state index in [2.05, 4.69) is 23.3 Å². The fourth-order valence-corrected chi connectivity index (χ4v) is 1.28. The molecule has 1 rings (SSSR count). The van der Waals surface area contributed by atoms with Crippen molar-refractivity contribution in [3.8, 4) is 0 Å². The molecule has 0 aliphatic carbocycles. The average Bonchev–Trinajstić information content (AvgIpc) is 1.98. The van der Waals surface area contributed by atoms with E-state index < -0.39 is 0 Å². The molecule has 1 aliphatic rings. The molecule has 0 fully saturated rings. The fraction of sp³-hybridized carbons (Fsp3) is 0.800. The van der Waals surface area contributed by atoms with Crippen LogP contribution in [0, 0.1) is 0 Å². The highest BCUT2D eigenvalue weighted by atomic mass is 32.2. The van der Waals surface area contributed by atoms with Gasteiger partial charge in [-0.25, -0.2) is 4.40 Å². The maximum Gasteiger partial charge on any atom is 0.110 e. The van der Waals surface area contributed by atoms with Gasteiger partial charge in [-0.1, -0.05) is 0 Å². The van der Waals surface area contributed by atoms with E-state index in [-0.39, 0.29) is 0 Å². The zero-order valence-corrected chi connectivity index (χ0v) is 6.20. The Morgan fingerprint density at radius 1 is 1.75 bits per heavy atom. The third-order valence-corrected chi connectivity index (χ3v) is 2.38. The molecular weight excluding hydrogens is 120 g/mol. The first-order valence-corrected chi connectivity index (χ1v) is 3.48. The van der Waals surface area contributed by atoms with E-state index >= 15 is 0 Å². The van der Waals surface area contributed by atoms with Crippen molar-refractivity contribution in [3.05, 3.63) is 0 Å². The summed E-state index contributed by atoms with van der Waals surface area (Å²) >= 11 is 1.63. The Kier molecular flexibility index (Phi) is 1.47. The van der Waals surface area contributed by atoms with Crippen LogP contribution in [0.3, 0.4) is 0 Å². The molecule has 1 unspecified atom stereocenters. The van der Waals surface area contributed by atoms with Gasteiger partial charge in [0.15, 0.2) is 0 Å². The van der Waals surface area contributed by atoms with Crippen LogP contribution in [0.5, 0.6) is 0 Å². The maximum atomic E-state index is 4.16. The van der Waals surface area contributed by atoms with Crippen LogP contribution in [-0.4, -0.2) is 23.2 Å². The standard InChI is InChI=1S/C5H10N2S/c1-4-6-8-5(2)7(4)3/h5H,1-3H3. The second kappa shape index (κ2) is 1.97. The number of hydrogen-bond donors (Lipinski definition) is 0. The molecule has 0 aromatic heterocycles. The Morgan fingerprint density at radius 2 is 2.38 bits per heavy atom. The lowest BCUT2D eigenvalue weighted by atomic mass is 10.5. The largest absolute Gasteiger partial charge is 0.349 e. The number of nitrogens with zero attached hydrogens (tertiary/aromatic N) is 2. The SMILES string of the molecule is CC1=NSC(C)N1C. The van der Waals surface area contributed by atoms with Gasteiger partial charge in [-0.2, -0.15) is 0 Å². The molecule has 0 saturated carbocycles.